The molecule has 10 nitrogen and oxygen atoms in total. The number of halogens is 3. The number of aromatic amines is 2. The van der Waals surface area contributed by atoms with E-state index >= 15 is 0 Å². The van der Waals surface area contributed by atoms with Crippen molar-refractivity contribution < 1.29 is 18.0 Å². The van der Waals surface area contributed by atoms with E-state index in [4.69, 9.17) is 0 Å². The minimum Gasteiger partial charge on any atom is -0.325 e. The van der Waals surface area contributed by atoms with Gasteiger partial charge in [0.1, 0.15) is 5.56 Å². The third-order valence-electron chi connectivity index (χ3n) is 4.70. The molecular formula is C20H14F3N7O3. The Labute approximate surface area is 182 Å². The van der Waals surface area contributed by atoms with Crippen LogP contribution in [0, 0.1) is 17.5 Å². The third kappa shape index (κ3) is 4.42. The predicted octanol–water partition coefficient (Wildman–Crippen LogP) is 1.83. The Morgan fingerprint density at radius 3 is 2.55 bits per heavy atom. The fourth-order valence-electron chi connectivity index (χ4n) is 3.11. The lowest BCUT2D eigenvalue weighted by Gasteiger charge is -2.13. The Morgan fingerprint density at radius 2 is 1.79 bits per heavy atom. The number of hydrogen-bond acceptors (Lipinski definition) is 6. The van der Waals surface area contributed by atoms with E-state index < -0.39 is 34.6 Å². The number of rotatable bonds is 6. The van der Waals surface area contributed by atoms with Crippen molar-refractivity contribution in [3.63, 3.8) is 0 Å². The lowest BCUT2D eigenvalue weighted by Crippen LogP contribution is -2.31. The Morgan fingerprint density at radius 1 is 1.00 bits per heavy atom. The molecule has 0 fully saturated rings. The van der Waals surface area contributed by atoms with E-state index in [1.165, 1.54) is 18.3 Å². The first-order valence-corrected chi connectivity index (χ1v) is 9.45. The van der Waals surface area contributed by atoms with Crippen LogP contribution in [0.25, 0.3) is 22.5 Å². The van der Waals surface area contributed by atoms with Gasteiger partial charge in [-0.2, -0.15) is 5.21 Å². The number of carbonyl (C=O) groups is 1. The molecule has 0 bridgehead atoms. The first kappa shape index (κ1) is 21.7. The van der Waals surface area contributed by atoms with Crippen LogP contribution in [0.4, 0.5) is 18.9 Å². The number of H-pyrrole nitrogens is 2. The minimum atomic E-state index is -1.62. The molecule has 3 N–H and O–H groups in total. The molecule has 2 aromatic carbocycles. The molecule has 0 aliphatic carbocycles. The smallest absolute Gasteiger partial charge is 0.325 e. The molecule has 168 valence electrons. The number of aromatic nitrogens is 6. The van der Waals surface area contributed by atoms with Gasteiger partial charge in [-0.15, -0.1) is 10.2 Å². The van der Waals surface area contributed by atoms with Crippen molar-refractivity contribution in [2.45, 2.75) is 13.0 Å². The molecule has 2 aromatic heterocycles. The van der Waals surface area contributed by atoms with E-state index in [9.17, 15) is 27.6 Å². The molecule has 0 saturated heterocycles. The van der Waals surface area contributed by atoms with E-state index in [1.54, 1.807) is 12.1 Å². The number of benzene rings is 2. The van der Waals surface area contributed by atoms with Crippen molar-refractivity contribution >= 4 is 11.6 Å². The molecule has 13 heteroatoms. The van der Waals surface area contributed by atoms with Gasteiger partial charge in [0, 0.05) is 36.0 Å². The Hall–Kier alpha value is -4.55. The quantitative estimate of drug-likeness (QED) is 0.378. The van der Waals surface area contributed by atoms with Crippen molar-refractivity contribution in [2.75, 3.05) is 5.32 Å². The molecule has 0 radical (unpaired) electrons. The second kappa shape index (κ2) is 8.90. The van der Waals surface area contributed by atoms with Gasteiger partial charge in [-0.05, 0) is 23.4 Å². The van der Waals surface area contributed by atoms with E-state index in [-0.39, 0.29) is 41.2 Å². The van der Waals surface area contributed by atoms with Crippen LogP contribution in [0.2, 0.25) is 0 Å². The molecule has 0 unspecified atom stereocenters. The van der Waals surface area contributed by atoms with Crippen LogP contribution in [0.3, 0.4) is 0 Å². The number of nitrogens with zero attached hydrogens (tertiary/aromatic N) is 4. The summed E-state index contributed by atoms with van der Waals surface area (Å²) in [6.07, 6.45) is 0.996. The fourth-order valence-corrected chi connectivity index (χ4v) is 3.11. The van der Waals surface area contributed by atoms with Gasteiger partial charge in [0.25, 0.3) is 5.56 Å². The summed E-state index contributed by atoms with van der Waals surface area (Å²) in [7, 11) is 0. The summed E-state index contributed by atoms with van der Waals surface area (Å²) in [6, 6.07) is 7.88. The standard InChI is InChI=1S/C20H14F3N7O3/c21-13-6-5-11(16(22)17(13)23)10-3-1-2-4-14(10)24-15(31)7-8-30-9-12(18-26-28-29-27-18)19(32)25-20(30)33/h1-6,9H,7-8H2,(H,24,31)(H,25,32,33)(H,26,27,28,29). The number of aryl methyl sites for hydroxylation is 1. The molecule has 4 rings (SSSR count). The minimum absolute atomic E-state index is 0.0251. The number of amides is 1. The highest BCUT2D eigenvalue weighted by Gasteiger charge is 2.18. The Balaban J connectivity index is 1.54. The number of tetrazole rings is 1. The summed E-state index contributed by atoms with van der Waals surface area (Å²) in [5, 5.41) is 15.5. The lowest BCUT2D eigenvalue weighted by molar-refractivity contribution is -0.116. The van der Waals surface area contributed by atoms with Gasteiger partial charge >= 0.3 is 5.69 Å². The van der Waals surface area contributed by atoms with E-state index in [2.05, 4.69) is 30.9 Å². The zero-order valence-electron chi connectivity index (χ0n) is 16.6. The Kier molecular flexibility index (Phi) is 5.85. The number of hydrogen-bond donors (Lipinski definition) is 3. The molecule has 4 aromatic rings. The second-order valence-corrected chi connectivity index (χ2v) is 6.80. The van der Waals surface area contributed by atoms with Gasteiger partial charge in [-0.1, -0.05) is 18.2 Å². The summed E-state index contributed by atoms with van der Waals surface area (Å²) in [6.45, 7) is -0.117. The summed E-state index contributed by atoms with van der Waals surface area (Å²) < 4.78 is 42.3. The maximum atomic E-state index is 14.3. The van der Waals surface area contributed by atoms with Crippen molar-refractivity contribution in [3.8, 4) is 22.5 Å². The van der Waals surface area contributed by atoms with Crippen LogP contribution in [-0.4, -0.2) is 36.1 Å². The first-order chi connectivity index (χ1) is 15.8. The summed E-state index contributed by atoms with van der Waals surface area (Å²) in [5.41, 5.74) is -1.42. The highest BCUT2D eigenvalue weighted by molar-refractivity contribution is 5.95. The van der Waals surface area contributed by atoms with Gasteiger partial charge in [0.05, 0.1) is 0 Å². The zero-order chi connectivity index (χ0) is 23.5. The molecular weight excluding hydrogens is 443 g/mol. The second-order valence-electron chi connectivity index (χ2n) is 6.80. The van der Waals surface area contributed by atoms with Gasteiger partial charge < -0.3 is 5.32 Å². The monoisotopic (exact) mass is 457 g/mol. The summed E-state index contributed by atoms with van der Waals surface area (Å²) >= 11 is 0. The van der Waals surface area contributed by atoms with Gasteiger partial charge in [0.15, 0.2) is 17.5 Å². The van der Waals surface area contributed by atoms with Crippen molar-refractivity contribution in [2.24, 2.45) is 0 Å². The summed E-state index contributed by atoms with van der Waals surface area (Å²) in [4.78, 5) is 38.6. The molecule has 0 spiro atoms. The maximum Gasteiger partial charge on any atom is 0.328 e. The van der Waals surface area contributed by atoms with Crippen LogP contribution in [0.5, 0.6) is 0 Å². The molecule has 0 atom stereocenters. The average Bonchev–Trinajstić information content (AvgIpc) is 3.32. The topological polar surface area (TPSA) is 138 Å². The summed E-state index contributed by atoms with van der Waals surface area (Å²) in [5.74, 6) is -4.92. The van der Waals surface area contributed by atoms with Crippen LogP contribution in [-0.2, 0) is 11.3 Å². The van der Waals surface area contributed by atoms with Crippen LogP contribution in [0.15, 0.2) is 52.2 Å². The van der Waals surface area contributed by atoms with Crippen LogP contribution in [0.1, 0.15) is 6.42 Å². The molecule has 0 saturated carbocycles. The number of para-hydroxylation sites is 1. The highest BCUT2D eigenvalue weighted by Crippen LogP contribution is 2.31. The van der Waals surface area contributed by atoms with Crippen molar-refractivity contribution in [3.05, 3.63) is 80.9 Å². The van der Waals surface area contributed by atoms with E-state index in [0.717, 1.165) is 16.7 Å². The van der Waals surface area contributed by atoms with Crippen molar-refractivity contribution in [1.29, 1.82) is 0 Å². The van der Waals surface area contributed by atoms with Gasteiger partial charge in [0.2, 0.25) is 11.7 Å². The van der Waals surface area contributed by atoms with Gasteiger partial charge in [-0.25, -0.2) is 18.0 Å². The molecule has 0 aliphatic rings. The van der Waals surface area contributed by atoms with E-state index in [0.29, 0.717) is 0 Å². The average molecular weight is 457 g/mol. The van der Waals surface area contributed by atoms with E-state index in [1.807, 2.05) is 0 Å². The normalized spacial score (nSPS) is 10.9. The SMILES string of the molecule is O=C(CCn1cc(-c2nn[nH]n2)c(=O)[nH]c1=O)Nc1ccccc1-c1ccc(F)c(F)c1F. The Bertz CT molecular complexity index is 1450. The first-order valence-electron chi connectivity index (χ1n) is 9.45. The largest absolute Gasteiger partial charge is 0.328 e. The molecule has 1 amide bonds. The molecule has 0 aliphatic heterocycles. The lowest BCUT2D eigenvalue weighted by atomic mass is 10.0. The van der Waals surface area contributed by atoms with Gasteiger partial charge in [-0.3, -0.25) is 19.1 Å². The number of anilines is 1. The van der Waals surface area contributed by atoms with Crippen LogP contribution >= 0.6 is 0 Å². The third-order valence-corrected chi connectivity index (χ3v) is 4.70. The van der Waals surface area contributed by atoms with Crippen molar-refractivity contribution in [1.82, 2.24) is 30.2 Å². The predicted molar refractivity (Wildman–Crippen MR) is 109 cm³/mol. The molecule has 2 heterocycles. The maximum absolute atomic E-state index is 14.3. The highest BCUT2D eigenvalue weighted by atomic mass is 19.2. The fraction of sp³-hybridized carbons (Fsp3) is 0.100. The molecule has 33 heavy (non-hydrogen) atoms. The zero-order valence-corrected chi connectivity index (χ0v) is 16.6. The number of nitrogens with one attached hydrogen (secondary N) is 3. The number of carbonyl (C=O) groups excluding carboxylic acids is 1. The van der Waals surface area contributed by atoms with Crippen LogP contribution < -0.4 is 16.6 Å².